The van der Waals surface area contributed by atoms with Gasteiger partial charge >= 0.3 is 0 Å². The van der Waals surface area contributed by atoms with Gasteiger partial charge in [0.1, 0.15) is 11.4 Å². The lowest BCUT2D eigenvalue weighted by Crippen LogP contribution is -2.33. The molecule has 0 saturated carbocycles. The summed E-state index contributed by atoms with van der Waals surface area (Å²) in [5, 5.41) is 6.33. The number of rotatable bonds is 11. The molecule has 8 heteroatoms. The Morgan fingerprint density at radius 3 is 2.53 bits per heavy atom. The van der Waals surface area contributed by atoms with Gasteiger partial charge in [0.25, 0.3) is 5.91 Å². The zero-order chi connectivity index (χ0) is 25.3. The van der Waals surface area contributed by atoms with E-state index in [-0.39, 0.29) is 12.0 Å². The van der Waals surface area contributed by atoms with Gasteiger partial charge < -0.3 is 25.2 Å². The minimum atomic E-state index is -0.0416. The number of hydrogen-bond donors (Lipinski definition) is 2. The number of fused-ring (bicyclic) bond motifs is 1. The Bertz CT molecular complexity index is 1120. The van der Waals surface area contributed by atoms with Crippen molar-refractivity contribution in [1.29, 1.82) is 0 Å². The summed E-state index contributed by atoms with van der Waals surface area (Å²) in [6.45, 7) is 6.02. The third-order valence-electron chi connectivity index (χ3n) is 6.36. The molecule has 0 bridgehead atoms. The molecular formula is C28H36N6O2. The summed E-state index contributed by atoms with van der Waals surface area (Å²) in [4.78, 5) is 26.1. The van der Waals surface area contributed by atoms with E-state index in [0.29, 0.717) is 43.6 Å². The van der Waals surface area contributed by atoms with Crippen LogP contribution in [0.1, 0.15) is 46.5 Å². The van der Waals surface area contributed by atoms with E-state index in [2.05, 4.69) is 57.0 Å². The number of carbonyl (C=O) groups excluding carboxylic acids is 1. The first kappa shape index (κ1) is 25.6. The zero-order valence-electron chi connectivity index (χ0n) is 21.4. The molecule has 190 valence electrons. The van der Waals surface area contributed by atoms with Gasteiger partial charge in [-0.2, -0.15) is 4.98 Å². The van der Waals surface area contributed by atoms with E-state index in [0.717, 1.165) is 30.6 Å². The van der Waals surface area contributed by atoms with Crippen LogP contribution < -0.4 is 15.5 Å². The number of amides is 1. The van der Waals surface area contributed by atoms with Crippen LogP contribution in [0, 0.1) is 0 Å². The van der Waals surface area contributed by atoms with E-state index in [1.54, 1.807) is 6.20 Å². The van der Waals surface area contributed by atoms with Crippen molar-refractivity contribution in [2.75, 3.05) is 50.5 Å². The zero-order valence-corrected chi connectivity index (χ0v) is 21.4. The summed E-state index contributed by atoms with van der Waals surface area (Å²) in [7, 11) is 3.92. The molecule has 0 spiro atoms. The van der Waals surface area contributed by atoms with Crippen molar-refractivity contribution in [3.8, 4) is 0 Å². The first-order valence-electron chi connectivity index (χ1n) is 12.6. The molecule has 2 aromatic carbocycles. The molecule has 1 aliphatic rings. The van der Waals surface area contributed by atoms with Gasteiger partial charge in [0.15, 0.2) is 0 Å². The highest BCUT2D eigenvalue weighted by Gasteiger charge is 2.27. The molecule has 1 atom stereocenters. The van der Waals surface area contributed by atoms with Gasteiger partial charge in [0.05, 0.1) is 12.7 Å². The minimum Gasteiger partial charge on any atom is -0.369 e. The fourth-order valence-corrected chi connectivity index (χ4v) is 4.30. The average molecular weight is 489 g/mol. The van der Waals surface area contributed by atoms with E-state index < -0.39 is 0 Å². The normalized spacial score (nSPS) is 14.4. The number of carbonyl (C=O) groups is 1. The fourth-order valence-electron chi connectivity index (χ4n) is 4.30. The van der Waals surface area contributed by atoms with Crippen LogP contribution in [-0.4, -0.2) is 61.0 Å². The molecule has 1 aromatic heterocycles. The van der Waals surface area contributed by atoms with Crippen molar-refractivity contribution < 1.29 is 9.53 Å². The maximum atomic E-state index is 13.3. The Labute approximate surface area is 213 Å². The van der Waals surface area contributed by atoms with Gasteiger partial charge in [-0.3, -0.25) is 4.79 Å². The highest BCUT2D eigenvalue weighted by Crippen LogP contribution is 2.25. The van der Waals surface area contributed by atoms with Crippen LogP contribution in [0.5, 0.6) is 0 Å². The molecule has 4 rings (SSSR count). The number of hydrogen-bond acceptors (Lipinski definition) is 7. The van der Waals surface area contributed by atoms with Gasteiger partial charge in [0.2, 0.25) is 5.95 Å². The van der Waals surface area contributed by atoms with Crippen LogP contribution in [-0.2, 0) is 17.9 Å². The number of ether oxygens (including phenoxy) is 1. The third kappa shape index (κ3) is 6.38. The van der Waals surface area contributed by atoms with Crippen molar-refractivity contribution in [2.24, 2.45) is 0 Å². The van der Waals surface area contributed by atoms with Crippen molar-refractivity contribution >= 4 is 17.7 Å². The smallest absolute Gasteiger partial charge is 0.259 e. The lowest BCUT2D eigenvalue weighted by Gasteiger charge is -2.21. The Balaban J connectivity index is 1.40. The van der Waals surface area contributed by atoms with Crippen LogP contribution in [0.15, 0.2) is 60.8 Å². The molecule has 1 unspecified atom stereocenters. The van der Waals surface area contributed by atoms with Gasteiger partial charge in [-0.15, -0.1) is 0 Å². The quantitative estimate of drug-likeness (QED) is 0.424. The first-order valence-corrected chi connectivity index (χ1v) is 12.6. The first-order chi connectivity index (χ1) is 17.6. The molecule has 3 aromatic rings. The van der Waals surface area contributed by atoms with E-state index >= 15 is 0 Å². The average Bonchev–Trinajstić information content (AvgIpc) is 3.02. The summed E-state index contributed by atoms with van der Waals surface area (Å²) < 4.78 is 6.29. The third-order valence-corrected chi connectivity index (χ3v) is 6.36. The van der Waals surface area contributed by atoms with Crippen molar-refractivity contribution in [3.63, 3.8) is 0 Å². The summed E-state index contributed by atoms with van der Waals surface area (Å²) >= 11 is 0. The maximum absolute atomic E-state index is 13.3. The van der Waals surface area contributed by atoms with Gasteiger partial charge in [-0.1, -0.05) is 54.6 Å². The second-order valence-corrected chi connectivity index (χ2v) is 9.03. The Hall–Kier alpha value is -3.49. The predicted octanol–water partition coefficient (Wildman–Crippen LogP) is 3.87. The van der Waals surface area contributed by atoms with Gasteiger partial charge in [-0.05, 0) is 43.6 Å². The molecule has 36 heavy (non-hydrogen) atoms. The van der Waals surface area contributed by atoms with Crippen molar-refractivity contribution in [2.45, 2.75) is 32.6 Å². The molecule has 1 aliphatic heterocycles. The Morgan fingerprint density at radius 1 is 1.06 bits per heavy atom. The molecule has 1 amide bonds. The maximum Gasteiger partial charge on any atom is 0.259 e. The van der Waals surface area contributed by atoms with Crippen molar-refractivity contribution in [3.05, 3.63) is 83.0 Å². The largest absolute Gasteiger partial charge is 0.369 e. The summed E-state index contributed by atoms with van der Waals surface area (Å²) in [6, 6.07) is 18.7. The molecule has 2 heterocycles. The number of nitrogens with zero attached hydrogens (tertiary/aromatic N) is 4. The number of likely N-dealkylation sites (N-methyl/N-ethyl adjacent to an activating group) is 1. The van der Waals surface area contributed by atoms with Crippen LogP contribution in [0.2, 0.25) is 0 Å². The highest BCUT2D eigenvalue weighted by molar-refractivity contribution is 5.99. The molecule has 0 aliphatic carbocycles. The predicted molar refractivity (Wildman–Crippen MR) is 143 cm³/mol. The number of anilines is 2. The Morgan fingerprint density at radius 2 is 1.81 bits per heavy atom. The van der Waals surface area contributed by atoms with Crippen LogP contribution in [0.3, 0.4) is 0 Å². The fraction of sp³-hybridized carbons (Fsp3) is 0.393. The Kier molecular flexibility index (Phi) is 8.86. The highest BCUT2D eigenvalue weighted by atomic mass is 16.5. The molecule has 0 saturated heterocycles. The standard InChI is InChI=1S/C28H36N6O2/c1-4-30-28-31-18-24-26(32-28)33(3)16-17-34(27(24)35)19-21-10-12-22(13-11-21)20-36-25(14-15-29-2)23-8-6-5-7-9-23/h5-13,18,25,29H,4,14-17,19-20H2,1-3H3,(H,30,31,32). The second kappa shape index (κ2) is 12.5. The lowest BCUT2D eigenvalue weighted by molar-refractivity contribution is 0.0344. The molecular weight excluding hydrogens is 452 g/mol. The van der Waals surface area contributed by atoms with E-state index in [9.17, 15) is 4.79 Å². The van der Waals surface area contributed by atoms with Crippen LogP contribution in [0.4, 0.5) is 11.8 Å². The number of nitrogens with one attached hydrogen (secondary N) is 2. The van der Waals surface area contributed by atoms with Crippen molar-refractivity contribution in [1.82, 2.24) is 20.2 Å². The lowest BCUT2D eigenvalue weighted by atomic mass is 10.1. The van der Waals surface area contributed by atoms with E-state index in [1.165, 1.54) is 5.56 Å². The van der Waals surface area contributed by atoms with E-state index in [1.807, 2.05) is 49.0 Å². The van der Waals surface area contributed by atoms with E-state index in [4.69, 9.17) is 4.74 Å². The summed E-state index contributed by atoms with van der Waals surface area (Å²) in [5.74, 6) is 1.18. The number of aromatic nitrogens is 2. The number of benzene rings is 2. The van der Waals surface area contributed by atoms with Gasteiger partial charge in [0, 0.05) is 39.4 Å². The van der Waals surface area contributed by atoms with Crippen LogP contribution >= 0.6 is 0 Å². The topological polar surface area (TPSA) is 82.6 Å². The molecule has 0 radical (unpaired) electrons. The summed E-state index contributed by atoms with van der Waals surface area (Å²) in [5.41, 5.74) is 3.92. The molecule has 8 nitrogen and oxygen atoms in total. The van der Waals surface area contributed by atoms with Gasteiger partial charge in [-0.25, -0.2) is 4.98 Å². The molecule has 2 N–H and O–H groups in total. The second-order valence-electron chi connectivity index (χ2n) is 9.03. The minimum absolute atomic E-state index is 0.0416. The van der Waals surface area contributed by atoms with Crippen LogP contribution in [0.25, 0.3) is 0 Å². The molecule has 0 fully saturated rings. The SMILES string of the molecule is CCNc1ncc2c(n1)N(C)CCN(Cc1ccc(COC(CCNC)c3ccccc3)cc1)C2=O. The monoisotopic (exact) mass is 488 g/mol. The summed E-state index contributed by atoms with van der Waals surface area (Å²) in [6.07, 6.45) is 2.58.